The minimum absolute atomic E-state index is 0. The molecule has 31 heavy (non-hydrogen) atoms. The van der Waals surface area contributed by atoms with Gasteiger partial charge in [0.05, 0.1) is 16.6 Å². The molecule has 0 N–H and O–H groups in total. The standard InChI is InChI=1S/C25H33N3OS.ClH/c1-7-27(8-2)13-14-28(23(29)16-21-15-17(3)9-10-19(21)5)25-26-24-20(6)18(4)11-12-22(24)30-25;/h9-12,15H,7-8,13-14,16H2,1-6H3;1H. The largest absolute Gasteiger partial charge is 0.302 e. The molecule has 0 aliphatic heterocycles. The predicted octanol–water partition coefficient (Wildman–Crippen LogP) is 5.87. The van der Waals surface area contributed by atoms with Gasteiger partial charge in [0, 0.05) is 13.1 Å². The van der Waals surface area contributed by atoms with E-state index in [1.165, 1.54) is 16.7 Å². The van der Waals surface area contributed by atoms with E-state index in [0.29, 0.717) is 13.0 Å². The quantitative estimate of drug-likeness (QED) is 0.422. The summed E-state index contributed by atoms with van der Waals surface area (Å²) in [4.78, 5) is 22.6. The van der Waals surface area contributed by atoms with Crippen LogP contribution >= 0.6 is 23.7 Å². The van der Waals surface area contributed by atoms with Crippen LogP contribution in [0.3, 0.4) is 0 Å². The third-order valence-electron chi connectivity index (χ3n) is 5.99. The van der Waals surface area contributed by atoms with Gasteiger partial charge in [-0.05, 0) is 69.1 Å². The molecule has 0 saturated carbocycles. The summed E-state index contributed by atoms with van der Waals surface area (Å²) in [7, 11) is 0. The Morgan fingerprint density at radius 1 is 0.968 bits per heavy atom. The number of likely N-dealkylation sites (N-methyl/N-ethyl adjacent to an activating group) is 1. The third-order valence-corrected chi connectivity index (χ3v) is 7.03. The number of carbonyl (C=O) groups is 1. The van der Waals surface area contributed by atoms with Crippen molar-refractivity contribution in [1.29, 1.82) is 0 Å². The van der Waals surface area contributed by atoms with Crippen molar-refractivity contribution in [1.82, 2.24) is 9.88 Å². The number of rotatable bonds is 8. The van der Waals surface area contributed by atoms with Crippen LogP contribution in [0.4, 0.5) is 5.13 Å². The number of halogens is 1. The highest BCUT2D eigenvalue weighted by molar-refractivity contribution is 7.22. The minimum Gasteiger partial charge on any atom is -0.302 e. The Balaban J connectivity index is 0.00000341. The summed E-state index contributed by atoms with van der Waals surface area (Å²) in [6, 6.07) is 10.6. The van der Waals surface area contributed by atoms with Gasteiger partial charge in [-0.25, -0.2) is 4.98 Å². The molecule has 4 nitrogen and oxygen atoms in total. The molecule has 0 saturated heterocycles. The number of nitrogens with zero attached hydrogens (tertiary/aromatic N) is 3. The molecule has 6 heteroatoms. The molecule has 1 aromatic heterocycles. The highest BCUT2D eigenvalue weighted by Crippen LogP contribution is 2.32. The first-order chi connectivity index (χ1) is 14.3. The molecule has 0 aliphatic carbocycles. The molecule has 0 radical (unpaired) electrons. The van der Waals surface area contributed by atoms with Crippen LogP contribution in [-0.2, 0) is 11.2 Å². The lowest BCUT2D eigenvalue weighted by molar-refractivity contribution is -0.118. The maximum absolute atomic E-state index is 13.5. The van der Waals surface area contributed by atoms with Crippen LogP contribution in [0.2, 0.25) is 0 Å². The number of aromatic nitrogens is 1. The van der Waals surface area contributed by atoms with Crippen LogP contribution in [-0.4, -0.2) is 42.0 Å². The van der Waals surface area contributed by atoms with Crippen LogP contribution < -0.4 is 4.90 Å². The second-order valence-corrected chi connectivity index (χ2v) is 9.04. The van der Waals surface area contributed by atoms with Gasteiger partial charge in [0.2, 0.25) is 5.91 Å². The summed E-state index contributed by atoms with van der Waals surface area (Å²) >= 11 is 1.62. The first-order valence-electron chi connectivity index (χ1n) is 10.8. The first-order valence-corrected chi connectivity index (χ1v) is 11.6. The lowest BCUT2D eigenvalue weighted by Gasteiger charge is -2.25. The van der Waals surface area contributed by atoms with Gasteiger partial charge in [0.15, 0.2) is 5.13 Å². The summed E-state index contributed by atoms with van der Waals surface area (Å²) in [6.45, 7) is 16.2. The molecule has 0 spiro atoms. The molecule has 0 aliphatic rings. The Labute approximate surface area is 196 Å². The molecular formula is C25H34ClN3OS. The Morgan fingerprint density at radius 3 is 2.32 bits per heavy atom. The van der Waals surface area contributed by atoms with Gasteiger partial charge >= 0.3 is 0 Å². The maximum Gasteiger partial charge on any atom is 0.233 e. The van der Waals surface area contributed by atoms with Crippen LogP contribution in [0.5, 0.6) is 0 Å². The summed E-state index contributed by atoms with van der Waals surface area (Å²) in [5.41, 5.74) is 6.89. The number of aryl methyl sites for hydroxylation is 4. The number of benzene rings is 2. The topological polar surface area (TPSA) is 36.4 Å². The lowest BCUT2D eigenvalue weighted by Crippen LogP contribution is -2.39. The summed E-state index contributed by atoms with van der Waals surface area (Å²) < 4.78 is 1.14. The van der Waals surface area contributed by atoms with Crippen molar-refractivity contribution in [2.24, 2.45) is 0 Å². The van der Waals surface area contributed by atoms with Gasteiger partial charge in [-0.3, -0.25) is 9.69 Å². The fourth-order valence-electron chi connectivity index (χ4n) is 3.69. The molecule has 2 aromatic carbocycles. The van der Waals surface area contributed by atoms with Gasteiger partial charge in [-0.2, -0.15) is 0 Å². The SMILES string of the molecule is CCN(CC)CCN(C(=O)Cc1cc(C)ccc1C)c1nc2c(C)c(C)ccc2s1.Cl. The molecule has 0 atom stereocenters. The van der Waals surface area contributed by atoms with E-state index in [2.05, 4.69) is 76.8 Å². The van der Waals surface area contributed by atoms with E-state index in [0.717, 1.165) is 46.1 Å². The van der Waals surface area contributed by atoms with Crippen molar-refractivity contribution < 1.29 is 4.79 Å². The van der Waals surface area contributed by atoms with E-state index in [1.807, 2.05) is 4.90 Å². The number of carbonyl (C=O) groups excluding carboxylic acids is 1. The number of fused-ring (bicyclic) bond motifs is 1. The number of thiazole rings is 1. The zero-order valence-electron chi connectivity index (χ0n) is 19.5. The van der Waals surface area contributed by atoms with Crippen molar-refractivity contribution in [3.8, 4) is 0 Å². The zero-order valence-corrected chi connectivity index (χ0v) is 21.1. The third kappa shape index (κ3) is 5.85. The average molecular weight is 460 g/mol. The fourth-order valence-corrected chi connectivity index (χ4v) is 4.76. The number of hydrogen-bond acceptors (Lipinski definition) is 4. The van der Waals surface area contributed by atoms with Gasteiger partial charge in [0.1, 0.15) is 0 Å². The average Bonchev–Trinajstić information content (AvgIpc) is 3.15. The normalized spacial score (nSPS) is 11.1. The molecule has 0 fully saturated rings. The summed E-state index contributed by atoms with van der Waals surface area (Å²) in [5, 5.41) is 0.807. The number of anilines is 1. The Kier molecular flexibility index (Phi) is 9.04. The Hall–Kier alpha value is -1.95. The minimum atomic E-state index is 0. The molecule has 0 bridgehead atoms. The van der Waals surface area contributed by atoms with Crippen LogP contribution in [0.1, 0.15) is 41.7 Å². The summed E-state index contributed by atoms with van der Waals surface area (Å²) in [6.07, 6.45) is 0.402. The van der Waals surface area contributed by atoms with Crippen LogP contribution in [0.15, 0.2) is 30.3 Å². The predicted molar refractivity (Wildman–Crippen MR) is 136 cm³/mol. The van der Waals surface area contributed by atoms with E-state index >= 15 is 0 Å². The van der Waals surface area contributed by atoms with E-state index < -0.39 is 0 Å². The van der Waals surface area contributed by atoms with E-state index in [-0.39, 0.29) is 18.3 Å². The van der Waals surface area contributed by atoms with Crippen molar-refractivity contribution in [2.75, 3.05) is 31.1 Å². The van der Waals surface area contributed by atoms with E-state index in [9.17, 15) is 4.79 Å². The van der Waals surface area contributed by atoms with E-state index in [4.69, 9.17) is 4.98 Å². The van der Waals surface area contributed by atoms with Crippen molar-refractivity contribution in [3.63, 3.8) is 0 Å². The first kappa shape index (κ1) is 25.3. The highest BCUT2D eigenvalue weighted by Gasteiger charge is 2.22. The second kappa shape index (κ2) is 11.1. The molecule has 168 valence electrons. The van der Waals surface area contributed by atoms with Gasteiger partial charge in [0.25, 0.3) is 0 Å². The number of amides is 1. The lowest BCUT2D eigenvalue weighted by atomic mass is 10.0. The van der Waals surface area contributed by atoms with Crippen molar-refractivity contribution >= 4 is 45.0 Å². The fraction of sp³-hybridized carbons (Fsp3) is 0.440. The van der Waals surface area contributed by atoms with Gasteiger partial charge < -0.3 is 4.90 Å². The van der Waals surface area contributed by atoms with E-state index in [1.54, 1.807) is 11.3 Å². The zero-order chi connectivity index (χ0) is 21.8. The van der Waals surface area contributed by atoms with Gasteiger partial charge in [-0.15, -0.1) is 12.4 Å². The van der Waals surface area contributed by atoms with Crippen LogP contribution in [0, 0.1) is 27.7 Å². The molecular weight excluding hydrogens is 426 g/mol. The van der Waals surface area contributed by atoms with Gasteiger partial charge in [-0.1, -0.05) is 55.0 Å². The monoisotopic (exact) mass is 459 g/mol. The van der Waals surface area contributed by atoms with Crippen molar-refractivity contribution in [2.45, 2.75) is 48.0 Å². The maximum atomic E-state index is 13.5. The second-order valence-electron chi connectivity index (χ2n) is 8.03. The molecule has 0 unspecified atom stereocenters. The molecule has 1 amide bonds. The Morgan fingerprint density at radius 2 is 1.65 bits per heavy atom. The van der Waals surface area contributed by atoms with Crippen LogP contribution in [0.25, 0.3) is 10.2 Å². The smallest absolute Gasteiger partial charge is 0.233 e. The molecule has 1 heterocycles. The number of hydrogen-bond donors (Lipinski definition) is 0. The molecule has 3 aromatic rings. The molecule has 3 rings (SSSR count). The Bertz CT molecular complexity index is 1040. The summed E-state index contributed by atoms with van der Waals surface area (Å²) in [5.74, 6) is 0.115. The van der Waals surface area contributed by atoms with Crippen molar-refractivity contribution in [3.05, 3.63) is 58.1 Å². The highest BCUT2D eigenvalue weighted by atomic mass is 35.5.